The molecule has 5 rings (SSSR count). The zero-order valence-electron chi connectivity index (χ0n) is 17.4. The van der Waals surface area contributed by atoms with Gasteiger partial charge in [0.25, 0.3) is 5.78 Å². The Hall–Kier alpha value is -4.04. The van der Waals surface area contributed by atoms with Gasteiger partial charge in [-0.05, 0) is 24.3 Å². The number of rotatable bonds is 4. The van der Waals surface area contributed by atoms with Crippen molar-refractivity contribution in [3.05, 3.63) is 95.3 Å². The average molecular weight is 460 g/mol. The van der Waals surface area contributed by atoms with E-state index in [0.29, 0.717) is 16.8 Å². The Balaban J connectivity index is 1.74. The molecule has 1 amide bonds. The predicted molar refractivity (Wildman–Crippen MR) is 124 cm³/mol. The van der Waals surface area contributed by atoms with E-state index in [0.717, 1.165) is 9.60 Å². The van der Waals surface area contributed by atoms with Crippen LogP contribution in [0.4, 0.5) is 9.52 Å². The van der Waals surface area contributed by atoms with Gasteiger partial charge in [-0.25, -0.2) is 9.37 Å². The number of anilines is 1. The van der Waals surface area contributed by atoms with Gasteiger partial charge in [0.05, 0.1) is 22.9 Å². The molecule has 0 radical (unpaired) electrons. The summed E-state index contributed by atoms with van der Waals surface area (Å²) >= 11 is 1.18. The van der Waals surface area contributed by atoms with Crippen molar-refractivity contribution in [3.8, 4) is 5.75 Å². The Bertz CT molecular complexity index is 1430. The lowest BCUT2D eigenvalue weighted by Gasteiger charge is -2.23. The molecule has 0 bridgehead atoms. The zero-order valence-corrected chi connectivity index (χ0v) is 18.2. The minimum atomic E-state index is -1.17. The number of thiazole rings is 1. The summed E-state index contributed by atoms with van der Waals surface area (Å²) in [6, 6.07) is 18.4. The fourth-order valence-electron chi connectivity index (χ4n) is 3.90. The first-order chi connectivity index (χ1) is 16.0. The Labute approximate surface area is 192 Å². The molecule has 0 aliphatic carbocycles. The summed E-state index contributed by atoms with van der Waals surface area (Å²) in [5.74, 6) is -2.13. The summed E-state index contributed by atoms with van der Waals surface area (Å²) in [6.07, 6.45) is 0. The fraction of sp³-hybridized carbons (Fsp3) is 0.0800. The fourth-order valence-corrected chi connectivity index (χ4v) is 4.92. The van der Waals surface area contributed by atoms with Crippen LogP contribution in [0.2, 0.25) is 0 Å². The summed E-state index contributed by atoms with van der Waals surface area (Å²) in [5.41, 5.74) is 0.859. The van der Waals surface area contributed by atoms with E-state index in [1.165, 1.54) is 29.5 Å². The van der Waals surface area contributed by atoms with Crippen LogP contribution in [0.15, 0.2) is 78.4 Å². The normalized spacial score (nSPS) is 17.6. The highest BCUT2D eigenvalue weighted by atomic mass is 32.1. The summed E-state index contributed by atoms with van der Waals surface area (Å²) in [4.78, 5) is 32.0. The van der Waals surface area contributed by atoms with Crippen LogP contribution in [-0.2, 0) is 9.59 Å². The lowest BCUT2D eigenvalue weighted by molar-refractivity contribution is -0.132. The van der Waals surface area contributed by atoms with Crippen LogP contribution in [0, 0.1) is 5.82 Å². The maximum atomic E-state index is 14.9. The van der Waals surface area contributed by atoms with Crippen LogP contribution in [0.1, 0.15) is 17.2 Å². The molecule has 164 valence electrons. The summed E-state index contributed by atoms with van der Waals surface area (Å²) in [7, 11) is 1.55. The van der Waals surface area contributed by atoms with E-state index in [1.54, 1.807) is 61.7 Å². The minimum Gasteiger partial charge on any atom is -0.507 e. The maximum Gasteiger partial charge on any atom is 0.301 e. The second kappa shape index (κ2) is 8.14. The third kappa shape index (κ3) is 3.44. The number of ketones is 1. The van der Waals surface area contributed by atoms with E-state index >= 15 is 0 Å². The summed E-state index contributed by atoms with van der Waals surface area (Å²) in [5, 5.41) is 11.3. The van der Waals surface area contributed by atoms with Crippen molar-refractivity contribution in [2.45, 2.75) is 6.04 Å². The molecule has 1 saturated heterocycles. The van der Waals surface area contributed by atoms with Gasteiger partial charge < -0.3 is 9.84 Å². The van der Waals surface area contributed by atoms with Crippen molar-refractivity contribution in [2.75, 3.05) is 12.0 Å². The van der Waals surface area contributed by atoms with Crippen LogP contribution < -0.4 is 9.64 Å². The third-order valence-corrected chi connectivity index (χ3v) is 6.50. The second-order valence-electron chi connectivity index (χ2n) is 7.39. The molecule has 1 aliphatic heterocycles. The highest BCUT2D eigenvalue weighted by Crippen LogP contribution is 2.45. The molecule has 8 heteroatoms. The summed E-state index contributed by atoms with van der Waals surface area (Å²) < 4.78 is 20.9. The van der Waals surface area contributed by atoms with Crippen molar-refractivity contribution in [2.24, 2.45) is 0 Å². The van der Waals surface area contributed by atoms with E-state index in [2.05, 4.69) is 4.98 Å². The molecule has 1 N–H and O–H groups in total. The van der Waals surface area contributed by atoms with Gasteiger partial charge >= 0.3 is 5.91 Å². The van der Waals surface area contributed by atoms with Crippen molar-refractivity contribution in [1.82, 2.24) is 4.98 Å². The van der Waals surface area contributed by atoms with E-state index < -0.39 is 23.5 Å². The van der Waals surface area contributed by atoms with Crippen LogP contribution in [0.3, 0.4) is 0 Å². The monoisotopic (exact) mass is 460 g/mol. The van der Waals surface area contributed by atoms with Crippen molar-refractivity contribution < 1.29 is 23.8 Å². The molecule has 1 atom stereocenters. The minimum absolute atomic E-state index is 0.0889. The van der Waals surface area contributed by atoms with E-state index in [1.807, 2.05) is 0 Å². The van der Waals surface area contributed by atoms with Gasteiger partial charge in [-0.15, -0.1) is 0 Å². The molecule has 6 nitrogen and oxygen atoms in total. The number of hydrogen-bond acceptors (Lipinski definition) is 6. The predicted octanol–water partition coefficient (Wildman–Crippen LogP) is 5.07. The smallest absolute Gasteiger partial charge is 0.301 e. The third-order valence-electron chi connectivity index (χ3n) is 5.48. The molecule has 33 heavy (non-hydrogen) atoms. The number of Topliss-reactive ketones (excluding diaryl/α,β-unsaturated/α-hetero) is 1. The molecule has 0 spiro atoms. The van der Waals surface area contributed by atoms with Gasteiger partial charge in [0.1, 0.15) is 23.4 Å². The van der Waals surface area contributed by atoms with Gasteiger partial charge in [0.2, 0.25) is 0 Å². The maximum absolute atomic E-state index is 14.9. The second-order valence-corrected chi connectivity index (χ2v) is 8.40. The Morgan fingerprint density at radius 3 is 2.52 bits per heavy atom. The number of methoxy groups -OCH3 is 1. The van der Waals surface area contributed by atoms with Gasteiger partial charge in [-0.2, -0.15) is 0 Å². The molecular weight excluding hydrogens is 443 g/mol. The van der Waals surface area contributed by atoms with E-state index in [-0.39, 0.29) is 22.0 Å². The number of amides is 1. The molecule has 0 saturated carbocycles. The van der Waals surface area contributed by atoms with Gasteiger partial charge in [-0.3, -0.25) is 14.5 Å². The van der Waals surface area contributed by atoms with Gasteiger partial charge in [-0.1, -0.05) is 59.9 Å². The highest BCUT2D eigenvalue weighted by Gasteiger charge is 2.49. The summed E-state index contributed by atoms with van der Waals surface area (Å²) in [6.45, 7) is 0. The number of carbonyl (C=O) groups is 2. The molecule has 2 heterocycles. The Morgan fingerprint density at radius 2 is 1.79 bits per heavy atom. The average Bonchev–Trinajstić information content (AvgIpc) is 3.37. The largest absolute Gasteiger partial charge is 0.507 e. The van der Waals surface area contributed by atoms with E-state index in [9.17, 15) is 19.1 Å². The van der Waals surface area contributed by atoms with Crippen LogP contribution in [0.25, 0.3) is 16.0 Å². The SMILES string of the molecule is COc1ccc2nc(N3C(=O)C(=O)C(=C(O)c4ccccc4)C3c3ccccc3F)sc2c1. The Morgan fingerprint density at radius 1 is 1.06 bits per heavy atom. The Kier molecular flexibility index (Phi) is 5.14. The van der Waals surface area contributed by atoms with Crippen LogP contribution in [-0.4, -0.2) is 28.9 Å². The molecule has 1 unspecified atom stereocenters. The number of aromatic nitrogens is 1. The van der Waals surface area contributed by atoms with Gasteiger partial charge in [0, 0.05) is 11.1 Å². The standard InChI is InChI=1S/C25H17FN2O4S/c1-32-15-11-12-18-19(13-15)33-25(27-18)28-21(16-9-5-6-10-17(16)26)20(23(30)24(28)31)22(29)14-7-3-2-4-8-14/h2-13,21,29H,1H3. The number of ether oxygens (including phenoxy) is 1. The number of hydrogen-bond donors (Lipinski definition) is 1. The lowest BCUT2D eigenvalue weighted by Crippen LogP contribution is -2.29. The van der Waals surface area contributed by atoms with Crippen molar-refractivity contribution >= 4 is 44.1 Å². The quantitative estimate of drug-likeness (QED) is 0.261. The van der Waals surface area contributed by atoms with E-state index in [4.69, 9.17) is 4.74 Å². The first-order valence-corrected chi connectivity index (χ1v) is 10.9. The van der Waals surface area contributed by atoms with Gasteiger partial charge in [0.15, 0.2) is 5.13 Å². The lowest BCUT2D eigenvalue weighted by atomic mass is 9.95. The topological polar surface area (TPSA) is 79.7 Å². The first kappa shape index (κ1) is 20.8. The number of carbonyl (C=O) groups excluding carboxylic acids is 2. The van der Waals surface area contributed by atoms with Crippen molar-refractivity contribution in [3.63, 3.8) is 0 Å². The number of benzene rings is 3. The number of aliphatic hydroxyl groups is 1. The number of fused-ring (bicyclic) bond motifs is 1. The number of nitrogens with zero attached hydrogens (tertiary/aromatic N) is 2. The van der Waals surface area contributed by atoms with Crippen molar-refractivity contribution in [1.29, 1.82) is 0 Å². The molecule has 3 aromatic carbocycles. The molecule has 1 fully saturated rings. The zero-order chi connectivity index (χ0) is 23.1. The molecule has 4 aromatic rings. The number of aliphatic hydroxyl groups excluding tert-OH is 1. The van der Waals surface area contributed by atoms with Crippen LogP contribution in [0.5, 0.6) is 5.75 Å². The van der Waals surface area contributed by atoms with Crippen LogP contribution >= 0.6 is 11.3 Å². The highest BCUT2D eigenvalue weighted by molar-refractivity contribution is 7.22. The first-order valence-electron chi connectivity index (χ1n) is 10.0. The molecular formula is C25H17FN2O4S. The molecule has 1 aromatic heterocycles. The molecule has 1 aliphatic rings. The number of halogens is 1.